The maximum absolute atomic E-state index is 6.11. The van der Waals surface area contributed by atoms with Crippen molar-refractivity contribution in [2.45, 2.75) is 65.3 Å². The van der Waals surface area contributed by atoms with E-state index >= 15 is 0 Å². The van der Waals surface area contributed by atoms with Gasteiger partial charge in [0, 0.05) is 6.10 Å². The van der Waals surface area contributed by atoms with Crippen molar-refractivity contribution >= 4 is 7.32 Å². The van der Waals surface area contributed by atoms with Crippen molar-refractivity contribution in [2.24, 2.45) is 17.3 Å². The third-order valence-electron chi connectivity index (χ3n) is 5.31. The molecule has 1 unspecified atom stereocenters. The highest BCUT2D eigenvalue weighted by Gasteiger charge is 2.68. The van der Waals surface area contributed by atoms with Gasteiger partial charge in [0.2, 0.25) is 0 Å². The normalized spacial score (nSPS) is 46.9. The third kappa shape index (κ3) is 1.53. The first-order valence-electron chi connectivity index (χ1n) is 6.83. The predicted molar refractivity (Wildman–Crippen MR) is 66.3 cm³/mol. The lowest BCUT2D eigenvalue weighted by molar-refractivity contribution is -0.200. The van der Waals surface area contributed by atoms with E-state index in [0.717, 1.165) is 12.3 Å². The summed E-state index contributed by atoms with van der Waals surface area (Å²) in [6.07, 6.45) is 2.78. The molecule has 96 valence electrons. The van der Waals surface area contributed by atoms with Crippen LogP contribution in [0.2, 0.25) is 0 Å². The van der Waals surface area contributed by atoms with Gasteiger partial charge in [0.05, 0.1) is 11.7 Å². The highest BCUT2D eigenvalue weighted by atomic mass is 16.8. The lowest BCUT2D eigenvalue weighted by Gasteiger charge is -2.64. The summed E-state index contributed by atoms with van der Waals surface area (Å²) >= 11 is 0. The van der Waals surface area contributed by atoms with E-state index in [9.17, 15) is 0 Å². The van der Waals surface area contributed by atoms with Crippen LogP contribution in [0, 0.1) is 17.3 Å². The molecule has 0 spiro atoms. The van der Waals surface area contributed by atoms with Gasteiger partial charge in [-0.05, 0) is 50.9 Å². The Morgan fingerprint density at radius 2 is 1.94 bits per heavy atom. The van der Waals surface area contributed by atoms with Crippen molar-refractivity contribution in [1.29, 1.82) is 0 Å². The van der Waals surface area contributed by atoms with Gasteiger partial charge in [0.15, 0.2) is 0 Å². The van der Waals surface area contributed by atoms with E-state index in [4.69, 9.17) is 14.0 Å². The summed E-state index contributed by atoms with van der Waals surface area (Å²) < 4.78 is 17.7. The zero-order chi connectivity index (χ0) is 12.4. The number of hydrogen-bond acceptors (Lipinski definition) is 3. The zero-order valence-electron chi connectivity index (χ0n) is 11.5. The molecule has 0 N–H and O–H groups in total. The van der Waals surface area contributed by atoms with Crippen molar-refractivity contribution in [2.75, 3.05) is 0 Å². The van der Waals surface area contributed by atoms with Crippen molar-refractivity contribution in [3.05, 3.63) is 0 Å². The maximum atomic E-state index is 6.11. The molecule has 0 radical (unpaired) electrons. The third-order valence-corrected chi connectivity index (χ3v) is 5.31. The van der Waals surface area contributed by atoms with E-state index in [1.54, 1.807) is 0 Å². The Morgan fingerprint density at radius 1 is 1.24 bits per heavy atom. The van der Waals surface area contributed by atoms with E-state index in [1.165, 1.54) is 6.42 Å². The molecule has 0 aromatic rings. The second-order valence-electron chi connectivity index (χ2n) is 6.94. The van der Waals surface area contributed by atoms with Crippen LogP contribution in [0.1, 0.15) is 47.5 Å². The van der Waals surface area contributed by atoms with Crippen LogP contribution in [-0.4, -0.2) is 25.1 Å². The predicted octanol–water partition coefficient (Wildman–Crippen LogP) is 2.64. The fourth-order valence-corrected chi connectivity index (χ4v) is 4.11. The van der Waals surface area contributed by atoms with Gasteiger partial charge in [-0.3, -0.25) is 0 Å². The standard InChI is InChI=1S/C13H23BO3/c1-8(2)15-14-16-11-7-9-6-10(12(9,3)4)13(11,5)17-14/h8-11H,6-7H2,1-5H3/t9?,10-,11+,13-/m0/s1. The van der Waals surface area contributed by atoms with Crippen molar-refractivity contribution in [1.82, 2.24) is 0 Å². The molecule has 17 heavy (non-hydrogen) atoms. The van der Waals surface area contributed by atoms with Gasteiger partial charge in [0.25, 0.3) is 0 Å². The summed E-state index contributed by atoms with van der Waals surface area (Å²) in [5, 5.41) is 0. The summed E-state index contributed by atoms with van der Waals surface area (Å²) in [6.45, 7) is 11.0. The van der Waals surface area contributed by atoms with Gasteiger partial charge in [0.1, 0.15) is 0 Å². The summed E-state index contributed by atoms with van der Waals surface area (Å²) in [4.78, 5) is 0. The summed E-state index contributed by atoms with van der Waals surface area (Å²) in [7, 11) is -0.458. The topological polar surface area (TPSA) is 27.7 Å². The first-order valence-corrected chi connectivity index (χ1v) is 6.83. The molecule has 4 heteroatoms. The van der Waals surface area contributed by atoms with Crippen LogP contribution in [0.5, 0.6) is 0 Å². The lowest BCUT2D eigenvalue weighted by Crippen LogP contribution is -2.65. The molecule has 0 amide bonds. The Kier molecular flexibility index (Phi) is 2.46. The molecule has 4 rings (SSSR count). The minimum Gasteiger partial charge on any atom is -0.384 e. The number of hydrogen-bond donors (Lipinski definition) is 0. The Labute approximate surface area is 104 Å². The summed E-state index contributed by atoms with van der Waals surface area (Å²) in [5.74, 6) is 1.41. The molecule has 0 aromatic heterocycles. The Bertz CT molecular complexity index is 331. The minimum absolute atomic E-state index is 0.141. The van der Waals surface area contributed by atoms with E-state index in [1.807, 2.05) is 13.8 Å². The van der Waals surface area contributed by atoms with Crippen molar-refractivity contribution in [3.8, 4) is 0 Å². The fraction of sp³-hybridized carbons (Fsp3) is 1.00. The summed E-state index contributed by atoms with van der Waals surface area (Å²) in [5.41, 5.74) is 0.263. The molecule has 3 nitrogen and oxygen atoms in total. The first kappa shape index (κ1) is 12.0. The van der Waals surface area contributed by atoms with Gasteiger partial charge >= 0.3 is 7.32 Å². The molecule has 1 saturated heterocycles. The Balaban J connectivity index is 1.78. The van der Waals surface area contributed by atoms with Gasteiger partial charge in [-0.2, -0.15) is 0 Å². The first-order chi connectivity index (χ1) is 7.84. The average molecular weight is 238 g/mol. The van der Waals surface area contributed by atoms with Crippen LogP contribution >= 0.6 is 0 Å². The van der Waals surface area contributed by atoms with Gasteiger partial charge in [-0.1, -0.05) is 13.8 Å². The van der Waals surface area contributed by atoms with E-state index < -0.39 is 7.32 Å². The molecule has 1 heterocycles. The smallest absolute Gasteiger partial charge is 0.384 e. The van der Waals surface area contributed by atoms with Gasteiger partial charge < -0.3 is 14.0 Å². The molecule has 2 bridgehead atoms. The average Bonchev–Trinajstić information content (AvgIpc) is 2.51. The van der Waals surface area contributed by atoms with Crippen LogP contribution in [-0.2, 0) is 14.0 Å². The van der Waals surface area contributed by atoms with Crippen LogP contribution in [0.25, 0.3) is 0 Å². The van der Waals surface area contributed by atoms with Gasteiger partial charge in [-0.25, -0.2) is 0 Å². The van der Waals surface area contributed by atoms with Crippen LogP contribution < -0.4 is 0 Å². The quantitative estimate of drug-likeness (QED) is 0.692. The largest absolute Gasteiger partial charge is 0.640 e. The van der Waals surface area contributed by atoms with Crippen LogP contribution in [0.4, 0.5) is 0 Å². The fourth-order valence-electron chi connectivity index (χ4n) is 4.11. The SMILES string of the molecule is CC(C)OB1O[C@@H]2CC3C[C@@H](C3(C)C)[C@]2(C)O1. The Morgan fingerprint density at radius 3 is 2.53 bits per heavy atom. The van der Waals surface area contributed by atoms with E-state index in [-0.39, 0.29) is 17.8 Å². The second-order valence-corrected chi connectivity index (χ2v) is 6.94. The lowest BCUT2D eigenvalue weighted by atomic mass is 9.43. The molecule has 4 fully saturated rings. The van der Waals surface area contributed by atoms with E-state index in [0.29, 0.717) is 11.3 Å². The Hall–Kier alpha value is -0.0551. The highest BCUT2D eigenvalue weighted by Crippen LogP contribution is 2.65. The van der Waals surface area contributed by atoms with Crippen molar-refractivity contribution in [3.63, 3.8) is 0 Å². The summed E-state index contributed by atoms with van der Waals surface area (Å²) in [6, 6.07) is 0. The van der Waals surface area contributed by atoms with Crippen molar-refractivity contribution < 1.29 is 14.0 Å². The molecule has 4 atom stereocenters. The molecule has 4 aliphatic rings. The molecule has 3 aliphatic carbocycles. The molecular formula is C13H23BO3. The van der Waals surface area contributed by atoms with Gasteiger partial charge in [-0.15, -0.1) is 0 Å². The molecule has 3 saturated carbocycles. The molecule has 0 aromatic carbocycles. The zero-order valence-corrected chi connectivity index (χ0v) is 11.5. The van der Waals surface area contributed by atoms with E-state index in [2.05, 4.69) is 20.8 Å². The minimum atomic E-state index is -0.458. The second kappa shape index (κ2) is 3.49. The monoisotopic (exact) mass is 238 g/mol. The molecular weight excluding hydrogens is 215 g/mol. The highest BCUT2D eigenvalue weighted by molar-refractivity contribution is 6.37. The molecule has 1 aliphatic heterocycles. The van der Waals surface area contributed by atoms with Crippen LogP contribution in [0.3, 0.4) is 0 Å². The van der Waals surface area contributed by atoms with Crippen LogP contribution in [0.15, 0.2) is 0 Å². The number of rotatable bonds is 2. The maximum Gasteiger partial charge on any atom is 0.640 e.